The van der Waals surface area contributed by atoms with E-state index in [4.69, 9.17) is 4.74 Å². The first-order chi connectivity index (χ1) is 16.7. The minimum atomic E-state index is -4.07. The molecule has 0 radical (unpaired) electrons. The summed E-state index contributed by atoms with van der Waals surface area (Å²) in [5, 5.41) is 10.3. The predicted molar refractivity (Wildman–Crippen MR) is 132 cm³/mol. The first-order valence-electron chi connectivity index (χ1n) is 10.2. The predicted octanol–water partition coefficient (Wildman–Crippen LogP) is 1.17. The van der Waals surface area contributed by atoms with Crippen LogP contribution >= 0.6 is 0 Å². The Balaban J connectivity index is 2.29. The molecule has 0 bridgehead atoms. The van der Waals surface area contributed by atoms with Gasteiger partial charge in [0.25, 0.3) is 0 Å². The summed E-state index contributed by atoms with van der Waals surface area (Å²) in [6.45, 7) is 1.33. The second-order valence-electron chi connectivity index (χ2n) is 7.67. The van der Waals surface area contributed by atoms with Gasteiger partial charge in [0.05, 0.1) is 35.7 Å². The molecule has 0 saturated heterocycles. The average Bonchev–Trinajstić information content (AvgIpc) is 2.80. The van der Waals surface area contributed by atoms with Crippen molar-refractivity contribution in [2.45, 2.75) is 24.4 Å². The highest BCUT2D eigenvalue weighted by Gasteiger charge is 2.29. The van der Waals surface area contributed by atoms with Gasteiger partial charge in [-0.15, -0.1) is 5.92 Å². The molecule has 14 heteroatoms. The van der Waals surface area contributed by atoms with E-state index in [1.165, 1.54) is 48.5 Å². The molecule has 196 valence electrons. The van der Waals surface area contributed by atoms with Crippen LogP contribution in [0.5, 0.6) is 5.75 Å². The summed E-state index contributed by atoms with van der Waals surface area (Å²) >= 11 is 0. The van der Waals surface area contributed by atoms with Crippen LogP contribution in [0.25, 0.3) is 0 Å². The van der Waals surface area contributed by atoms with Crippen LogP contribution in [0.2, 0.25) is 0 Å². The Morgan fingerprint density at radius 1 is 0.944 bits per heavy atom. The topological polar surface area (TPSA) is 155 Å². The number of amides is 1. The molecule has 0 aliphatic rings. The summed E-state index contributed by atoms with van der Waals surface area (Å²) in [5.74, 6) is 5.13. The normalized spacial score (nSPS) is 12.9. The fourth-order valence-electron chi connectivity index (χ4n) is 3.11. The lowest BCUT2D eigenvalue weighted by Crippen LogP contribution is -2.34. The van der Waals surface area contributed by atoms with E-state index in [2.05, 4.69) is 11.8 Å². The van der Waals surface area contributed by atoms with Crippen molar-refractivity contribution in [3.05, 3.63) is 59.7 Å². The lowest BCUT2D eigenvalue weighted by atomic mass is 10.1. The summed E-state index contributed by atoms with van der Waals surface area (Å²) in [6, 6.07) is 9.78. The maximum Gasteiger partial charge on any atom is 0.233 e. The second kappa shape index (κ2) is 11.8. The fourth-order valence-corrected chi connectivity index (χ4v) is 7.35. The van der Waals surface area contributed by atoms with Gasteiger partial charge in [-0.3, -0.25) is 10.0 Å². The van der Waals surface area contributed by atoms with Gasteiger partial charge in [-0.1, -0.05) is 33.9 Å². The summed E-state index contributed by atoms with van der Waals surface area (Å²) < 4.78 is 79.1. The van der Waals surface area contributed by atoms with E-state index in [0.29, 0.717) is 9.46 Å². The molecule has 0 aromatic heterocycles. The molecule has 0 saturated carbocycles. The van der Waals surface area contributed by atoms with Gasteiger partial charge in [0.15, 0.2) is 9.84 Å². The Hall–Kier alpha value is -2.96. The molecule has 2 rings (SSSR count). The Morgan fingerprint density at radius 3 is 1.97 bits per heavy atom. The summed E-state index contributed by atoms with van der Waals surface area (Å²) in [4.78, 5) is 11.2. The SMILES string of the molecule is CC#CCOc1ccc(S(=O)(=O)CC(c2ccc(CN(S(C)(=O)=O)S(C)(=O)=O)cc2)N(O)C=O)cc1. The van der Waals surface area contributed by atoms with Crippen LogP contribution in [0.15, 0.2) is 53.4 Å². The van der Waals surface area contributed by atoms with E-state index in [0.717, 1.165) is 12.5 Å². The molecule has 0 aliphatic heterocycles. The molecule has 1 N–H and O–H groups in total. The van der Waals surface area contributed by atoms with Crippen molar-refractivity contribution >= 4 is 36.3 Å². The number of nitrogens with zero attached hydrogens (tertiary/aromatic N) is 2. The van der Waals surface area contributed by atoms with E-state index >= 15 is 0 Å². The van der Waals surface area contributed by atoms with Gasteiger partial charge in [-0.2, -0.15) is 0 Å². The van der Waals surface area contributed by atoms with E-state index in [1.807, 2.05) is 0 Å². The average molecular weight is 559 g/mol. The zero-order chi connectivity index (χ0) is 27.1. The van der Waals surface area contributed by atoms with Gasteiger partial charge >= 0.3 is 0 Å². The molecule has 11 nitrogen and oxygen atoms in total. The number of rotatable bonds is 12. The third kappa shape index (κ3) is 8.04. The minimum absolute atomic E-state index is 0.0608. The number of hydrogen-bond acceptors (Lipinski definition) is 9. The lowest BCUT2D eigenvalue weighted by molar-refractivity contribution is -0.158. The maximum atomic E-state index is 13.0. The molecule has 0 aliphatic carbocycles. The Bertz CT molecular complexity index is 1410. The molecular formula is C22H26N2O9S3. The highest BCUT2D eigenvalue weighted by molar-refractivity contribution is 8.03. The third-order valence-electron chi connectivity index (χ3n) is 4.89. The third-order valence-corrected chi connectivity index (χ3v) is 10.00. The first-order valence-corrected chi connectivity index (χ1v) is 15.6. The van der Waals surface area contributed by atoms with Crippen LogP contribution in [-0.2, 0) is 41.2 Å². The molecule has 1 atom stereocenters. The Morgan fingerprint density at radius 2 is 1.50 bits per heavy atom. The van der Waals surface area contributed by atoms with Crippen LogP contribution in [0.4, 0.5) is 0 Å². The van der Waals surface area contributed by atoms with Crippen molar-refractivity contribution in [3.8, 4) is 17.6 Å². The molecule has 2 aromatic rings. The number of ether oxygens (including phenoxy) is 1. The van der Waals surface area contributed by atoms with Crippen LogP contribution in [-0.4, -0.2) is 70.5 Å². The molecule has 0 heterocycles. The number of hydrogen-bond donors (Lipinski definition) is 1. The smallest absolute Gasteiger partial charge is 0.233 e. The number of hydroxylamine groups is 2. The zero-order valence-electron chi connectivity index (χ0n) is 19.7. The van der Waals surface area contributed by atoms with E-state index in [-0.39, 0.29) is 34.1 Å². The molecule has 1 amide bonds. The minimum Gasteiger partial charge on any atom is -0.481 e. The van der Waals surface area contributed by atoms with Crippen molar-refractivity contribution in [2.75, 3.05) is 24.9 Å². The van der Waals surface area contributed by atoms with Crippen molar-refractivity contribution in [1.29, 1.82) is 0 Å². The molecular weight excluding hydrogens is 532 g/mol. The van der Waals surface area contributed by atoms with E-state index in [1.54, 1.807) is 6.92 Å². The standard InChI is InChI=1S/C22H26N2O9S3/c1-4-5-14-33-20-10-12-21(13-11-20)36(31,32)16-22(23(26)17-25)19-8-6-18(7-9-19)15-24(34(2,27)28)35(3,29)30/h6-13,17,22,26H,14-16H2,1-3H3. The summed E-state index contributed by atoms with van der Waals surface area (Å²) in [5.41, 5.74) is 0.510. The highest BCUT2D eigenvalue weighted by atomic mass is 32.3. The molecule has 0 spiro atoms. The quantitative estimate of drug-likeness (QED) is 0.175. The van der Waals surface area contributed by atoms with Gasteiger partial charge < -0.3 is 4.74 Å². The van der Waals surface area contributed by atoms with Crippen LogP contribution in [0.3, 0.4) is 0 Å². The largest absolute Gasteiger partial charge is 0.481 e. The first kappa shape index (κ1) is 29.3. The fraction of sp³-hybridized carbons (Fsp3) is 0.318. The van der Waals surface area contributed by atoms with Gasteiger partial charge in [-0.25, -0.2) is 30.3 Å². The van der Waals surface area contributed by atoms with Gasteiger partial charge in [0.2, 0.25) is 26.5 Å². The lowest BCUT2D eigenvalue weighted by Gasteiger charge is -2.23. The monoisotopic (exact) mass is 558 g/mol. The number of benzene rings is 2. The van der Waals surface area contributed by atoms with Gasteiger partial charge in [0.1, 0.15) is 12.4 Å². The van der Waals surface area contributed by atoms with Crippen molar-refractivity contribution < 1.29 is 40.0 Å². The summed E-state index contributed by atoms with van der Waals surface area (Å²) in [6.07, 6.45) is 1.58. The number of sulfone groups is 1. The molecule has 36 heavy (non-hydrogen) atoms. The molecule has 2 aromatic carbocycles. The van der Waals surface area contributed by atoms with Crippen LogP contribution in [0.1, 0.15) is 24.1 Å². The number of sulfonamides is 2. The van der Waals surface area contributed by atoms with Crippen molar-refractivity contribution in [3.63, 3.8) is 0 Å². The second-order valence-corrected chi connectivity index (χ2v) is 13.7. The maximum absolute atomic E-state index is 13.0. The number of carbonyl (C=O) groups excluding carboxylic acids is 1. The van der Waals surface area contributed by atoms with Crippen LogP contribution in [0, 0.1) is 11.8 Å². The van der Waals surface area contributed by atoms with Crippen molar-refractivity contribution in [1.82, 2.24) is 8.77 Å². The molecule has 1 unspecified atom stereocenters. The van der Waals surface area contributed by atoms with E-state index in [9.17, 15) is 35.3 Å². The van der Waals surface area contributed by atoms with E-state index < -0.39 is 48.2 Å². The Labute approximate surface area is 211 Å². The van der Waals surface area contributed by atoms with Gasteiger partial charge in [-0.05, 0) is 42.3 Å². The van der Waals surface area contributed by atoms with Crippen LogP contribution < -0.4 is 4.74 Å². The van der Waals surface area contributed by atoms with Gasteiger partial charge in [0, 0.05) is 0 Å². The summed E-state index contributed by atoms with van der Waals surface area (Å²) in [7, 11) is -12.1. The van der Waals surface area contributed by atoms with Crippen molar-refractivity contribution in [2.24, 2.45) is 0 Å². The number of carbonyl (C=O) groups is 1. The highest BCUT2D eigenvalue weighted by Crippen LogP contribution is 2.26. The molecule has 0 fully saturated rings. The Kier molecular flexibility index (Phi) is 9.64. The zero-order valence-corrected chi connectivity index (χ0v) is 22.2.